The molecule has 0 radical (unpaired) electrons. The van der Waals surface area contributed by atoms with E-state index < -0.39 is 6.04 Å². The Kier molecular flexibility index (Phi) is 3.84. The van der Waals surface area contributed by atoms with Gasteiger partial charge in [0.2, 0.25) is 11.8 Å². The van der Waals surface area contributed by atoms with E-state index in [2.05, 4.69) is 20.6 Å². The van der Waals surface area contributed by atoms with E-state index in [-0.39, 0.29) is 11.8 Å². The first kappa shape index (κ1) is 11.2. The van der Waals surface area contributed by atoms with Crippen LogP contribution in [0.3, 0.4) is 0 Å². The Bertz CT molecular complexity index is 334. The van der Waals surface area contributed by atoms with Crippen molar-refractivity contribution in [1.82, 2.24) is 20.6 Å². The van der Waals surface area contributed by atoms with Crippen LogP contribution in [0.15, 0.2) is 12.5 Å². The average Bonchev–Trinajstić information content (AvgIpc) is 2.67. The molecule has 0 bridgehead atoms. The van der Waals surface area contributed by atoms with Gasteiger partial charge in [-0.2, -0.15) is 0 Å². The van der Waals surface area contributed by atoms with Crippen LogP contribution in [0.25, 0.3) is 0 Å². The van der Waals surface area contributed by atoms with Crippen LogP contribution in [0.2, 0.25) is 0 Å². The number of rotatable bonds is 4. The normalized spacial score (nSPS) is 11.9. The zero-order valence-electron chi connectivity index (χ0n) is 8.70. The Hall–Kier alpha value is -1.85. The summed E-state index contributed by atoms with van der Waals surface area (Å²) in [5.74, 6) is -0.465. The number of nitrogens with one attached hydrogen (secondary N) is 3. The quantitative estimate of drug-likeness (QED) is 0.608. The smallest absolute Gasteiger partial charge is 0.242 e. The molecule has 0 fully saturated rings. The van der Waals surface area contributed by atoms with E-state index in [1.807, 2.05) is 0 Å². The minimum Gasteiger partial charge on any atom is -0.357 e. The van der Waals surface area contributed by atoms with Gasteiger partial charge in [0, 0.05) is 26.6 Å². The molecule has 0 saturated heterocycles. The summed E-state index contributed by atoms with van der Waals surface area (Å²) in [7, 11) is 1.53. The Morgan fingerprint density at radius 2 is 2.33 bits per heavy atom. The van der Waals surface area contributed by atoms with Crippen molar-refractivity contribution in [3.05, 3.63) is 18.2 Å². The number of carbonyl (C=O) groups excluding carboxylic acids is 2. The maximum Gasteiger partial charge on any atom is 0.242 e. The zero-order valence-corrected chi connectivity index (χ0v) is 8.70. The van der Waals surface area contributed by atoms with Gasteiger partial charge in [-0.15, -0.1) is 0 Å². The molecule has 0 saturated carbocycles. The highest BCUT2D eigenvalue weighted by molar-refractivity contribution is 5.86. The van der Waals surface area contributed by atoms with Crippen molar-refractivity contribution in [2.45, 2.75) is 19.4 Å². The van der Waals surface area contributed by atoms with Crippen molar-refractivity contribution in [2.75, 3.05) is 7.05 Å². The highest BCUT2D eigenvalue weighted by Crippen LogP contribution is 1.98. The third kappa shape index (κ3) is 3.41. The minimum atomic E-state index is -0.573. The molecule has 1 atom stereocenters. The molecule has 0 aromatic carbocycles. The molecule has 15 heavy (non-hydrogen) atoms. The van der Waals surface area contributed by atoms with Gasteiger partial charge in [0.15, 0.2) is 0 Å². The fourth-order valence-corrected chi connectivity index (χ4v) is 1.24. The van der Waals surface area contributed by atoms with Crippen molar-refractivity contribution < 1.29 is 9.59 Å². The first-order valence-electron chi connectivity index (χ1n) is 4.60. The van der Waals surface area contributed by atoms with Gasteiger partial charge in [0.1, 0.15) is 6.04 Å². The zero-order chi connectivity index (χ0) is 11.3. The van der Waals surface area contributed by atoms with E-state index in [1.165, 1.54) is 20.3 Å². The third-order valence-corrected chi connectivity index (χ3v) is 1.91. The summed E-state index contributed by atoms with van der Waals surface area (Å²) in [6.07, 6.45) is 3.60. The Balaban J connectivity index is 2.64. The number of carbonyl (C=O) groups is 2. The molecule has 6 nitrogen and oxygen atoms in total. The van der Waals surface area contributed by atoms with Crippen molar-refractivity contribution in [3.8, 4) is 0 Å². The monoisotopic (exact) mass is 210 g/mol. The molecule has 0 aliphatic carbocycles. The average molecular weight is 210 g/mol. The molecule has 1 aromatic heterocycles. The molecule has 0 spiro atoms. The van der Waals surface area contributed by atoms with E-state index in [0.29, 0.717) is 6.42 Å². The van der Waals surface area contributed by atoms with Crippen LogP contribution in [0.5, 0.6) is 0 Å². The number of likely N-dealkylation sites (N-methyl/N-ethyl adjacent to an activating group) is 1. The number of aromatic amines is 1. The van der Waals surface area contributed by atoms with E-state index >= 15 is 0 Å². The van der Waals surface area contributed by atoms with Crippen molar-refractivity contribution in [3.63, 3.8) is 0 Å². The SMILES string of the molecule is CNC(=O)C(Cc1c[nH]cn1)NC(C)=O. The molecule has 2 amide bonds. The van der Waals surface area contributed by atoms with Crippen LogP contribution in [0.4, 0.5) is 0 Å². The second-order valence-electron chi connectivity index (χ2n) is 3.13. The lowest BCUT2D eigenvalue weighted by Gasteiger charge is -2.14. The van der Waals surface area contributed by atoms with Gasteiger partial charge in [-0.05, 0) is 0 Å². The topological polar surface area (TPSA) is 86.9 Å². The van der Waals surface area contributed by atoms with Gasteiger partial charge in [-0.25, -0.2) is 4.98 Å². The number of nitrogens with zero attached hydrogens (tertiary/aromatic N) is 1. The molecular weight excluding hydrogens is 196 g/mol. The Morgan fingerprint density at radius 1 is 1.60 bits per heavy atom. The van der Waals surface area contributed by atoms with Gasteiger partial charge in [-0.1, -0.05) is 0 Å². The van der Waals surface area contributed by atoms with Crippen molar-refractivity contribution in [2.24, 2.45) is 0 Å². The fraction of sp³-hybridized carbons (Fsp3) is 0.444. The molecule has 3 N–H and O–H groups in total. The molecule has 1 rings (SSSR count). The Labute approximate surface area is 87.5 Å². The van der Waals surface area contributed by atoms with Crippen LogP contribution >= 0.6 is 0 Å². The summed E-state index contributed by atoms with van der Waals surface area (Å²) < 4.78 is 0. The summed E-state index contributed by atoms with van der Waals surface area (Å²) in [6, 6.07) is -0.573. The van der Waals surface area contributed by atoms with E-state index in [0.717, 1.165) is 5.69 Å². The van der Waals surface area contributed by atoms with Crippen molar-refractivity contribution >= 4 is 11.8 Å². The molecule has 1 unspecified atom stereocenters. The molecule has 1 heterocycles. The number of aromatic nitrogens is 2. The lowest BCUT2D eigenvalue weighted by Crippen LogP contribution is -2.46. The summed E-state index contributed by atoms with van der Waals surface area (Å²) in [5.41, 5.74) is 0.734. The molecular formula is C9H14N4O2. The minimum absolute atomic E-state index is 0.229. The standard InChI is InChI=1S/C9H14N4O2/c1-6(14)13-8(9(15)10-2)3-7-4-11-5-12-7/h4-5,8H,3H2,1-2H3,(H,10,15)(H,11,12)(H,13,14). The first-order valence-corrected chi connectivity index (χ1v) is 4.60. The summed E-state index contributed by atoms with van der Waals surface area (Å²) in [5, 5.41) is 5.06. The summed E-state index contributed by atoms with van der Waals surface area (Å²) >= 11 is 0. The van der Waals surface area contributed by atoms with Crippen LogP contribution in [-0.4, -0.2) is 34.9 Å². The third-order valence-electron chi connectivity index (χ3n) is 1.91. The van der Waals surface area contributed by atoms with E-state index in [4.69, 9.17) is 0 Å². The highest BCUT2D eigenvalue weighted by atomic mass is 16.2. The second-order valence-corrected chi connectivity index (χ2v) is 3.13. The summed E-state index contributed by atoms with van der Waals surface area (Å²) in [6.45, 7) is 1.38. The van der Waals surface area contributed by atoms with Crippen molar-refractivity contribution in [1.29, 1.82) is 0 Å². The lowest BCUT2D eigenvalue weighted by atomic mass is 10.1. The maximum absolute atomic E-state index is 11.4. The number of amides is 2. The fourth-order valence-electron chi connectivity index (χ4n) is 1.24. The second kappa shape index (κ2) is 5.14. The maximum atomic E-state index is 11.4. The van der Waals surface area contributed by atoms with E-state index in [1.54, 1.807) is 6.20 Å². The van der Waals surface area contributed by atoms with Crippen LogP contribution < -0.4 is 10.6 Å². The highest BCUT2D eigenvalue weighted by Gasteiger charge is 2.19. The number of imidazole rings is 1. The van der Waals surface area contributed by atoms with Gasteiger partial charge >= 0.3 is 0 Å². The number of hydrogen-bond acceptors (Lipinski definition) is 3. The van der Waals surface area contributed by atoms with Crippen LogP contribution in [0.1, 0.15) is 12.6 Å². The number of hydrogen-bond donors (Lipinski definition) is 3. The first-order chi connectivity index (χ1) is 7.13. The molecule has 0 aliphatic heterocycles. The lowest BCUT2D eigenvalue weighted by molar-refractivity contribution is -0.127. The van der Waals surface area contributed by atoms with Crippen LogP contribution in [-0.2, 0) is 16.0 Å². The van der Waals surface area contributed by atoms with Crippen LogP contribution in [0, 0.1) is 0 Å². The molecule has 6 heteroatoms. The van der Waals surface area contributed by atoms with Gasteiger partial charge < -0.3 is 15.6 Å². The number of H-pyrrole nitrogens is 1. The molecule has 1 aromatic rings. The summed E-state index contributed by atoms with van der Waals surface area (Å²) in [4.78, 5) is 29.1. The Morgan fingerprint density at radius 3 is 2.80 bits per heavy atom. The van der Waals surface area contributed by atoms with Gasteiger partial charge in [0.25, 0.3) is 0 Å². The largest absolute Gasteiger partial charge is 0.357 e. The molecule has 82 valence electrons. The van der Waals surface area contributed by atoms with E-state index in [9.17, 15) is 9.59 Å². The van der Waals surface area contributed by atoms with Gasteiger partial charge in [0.05, 0.1) is 12.0 Å². The molecule has 0 aliphatic rings. The van der Waals surface area contributed by atoms with Gasteiger partial charge in [-0.3, -0.25) is 9.59 Å². The predicted octanol–water partition coefficient (Wildman–Crippen LogP) is -0.797. The predicted molar refractivity (Wildman–Crippen MR) is 54.0 cm³/mol.